The maximum Gasteiger partial charge on any atom is 0.329 e. The van der Waals surface area contributed by atoms with Crippen molar-refractivity contribution < 1.29 is 14.3 Å². The van der Waals surface area contributed by atoms with Crippen LogP contribution < -0.4 is 11.0 Å². The standard InChI is InChI=1S/C21H17FN4O3/c1-12-14(13-6-2-4-8-16(13)23-12)10-18-20(28)26(21(29)25-18)11-19(27)24-17-9-5-3-7-15(17)22/h2-10,28H,11H2,1H3,(H,24,27)(H,25,29). The number of aromatic hydroxyl groups is 1. The second-order valence-electron chi connectivity index (χ2n) is 6.55. The summed E-state index contributed by atoms with van der Waals surface area (Å²) < 4.78 is 14.6. The Morgan fingerprint density at radius 2 is 1.97 bits per heavy atom. The Kier molecular flexibility index (Phi) is 4.59. The molecule has 0 bridgehead atoms. The number of para-hydroxylation sites is 2. The SMILES string of the molecule is CC1=Nc2ccccc2C1=Cc1[nH]c(=O)n(CC(=O)Nc2ccccc2F)c1O. The summed E-state index contributed by atoms with van der Waals surface area (Å²) in [7, 11) is 0. The van der Waals surface area contributed by atoms with Crippen LogP contribution in [0.15, 0.2) is 58.3 Å². The molecule has 0 aliphatic carbocycles. The van der Waals surface area contributed by atoms with E-state index >= 15 is 0 Å². The first-order valence-corrected chi connectivity index (χ1v) is 8.87. The third kappa shape index (κ3) is 3.47. The zero-order valence-corrected chi connectivity index (χ0v) is 15.4. The summed E-state index contributed by atoms with van der Waals surface area (Å²) >= 11 is 0. The van der Waals surface area contributed by atoms with Gasteiger partial charge in [0.05, 0.1) is 11.4 Å². The van der Waals surface area contributed by atoms with Crippen LogP contribution in [0.2, 0.25) is 0 Å². The van der Waals surface area contributed by atoms with Crippen molar-refractivity contribution in [1.29, 1.82) is 0 Å². The molecule has 0 atom stereocenters. The first-order valence-electron chi connectivity index (χ1n) is 8.87. The zero-order valence-electron chi connectivity index (χ0n) is 15.4. The lowest BCUT2D eigenvalue weighted by atomic mass is 10.0. The molecule has 8 heteroatoms. The molecule has 7 nitrogen and oxygen atoms in total. The summed E-state index contributed by atoms with van der Waals surface area (Å²) in [5.41, 5.74) is 2.71. The summed E-state index contributed by atoms with van der Waals surface area (Å²) in [6.07, 6.45) is 1.62. The number of aromatic amines is 1. The van der Waals surface area contributed by atoms with Crippen molar-refractivity contribution in [1.82, 2.24) is 9.55 Å². The summed E-state index contributed by atoms with van der Waals surface area (Å²) in [5.74, 6) is -1.62. The number of benzene rings is 2. The quantitative estimate of drug-likeness (QED) is 0.635. The van der Waals surface area contributed by atoms with E-state index in [1.807, 2.05) is 31.2 Å². The van der Waals surface area contributed by atoms with Gasteiger partial charge >= 0.3 is 5.69 Å². The van der Waals surface area contributed by atoms with Crippen LogP contribution in [-0.2, 0) is 11.3 Å². The first kappa shape index (κ1) is 18.4. The van der Waals surface area contributed by atoms with Gasteiger partial charge in [-0.1, -0.05) is 30.3 Å². The number of rotatable bonds is 4. The van der Waals surface area contributed by atoms with Gasteiger partial charge in [-0.15, -0.1) is 0 Å². The predicted molar refractivity (Wildman–Crippen MR) is 109 cm³/mol. The van der Waals surface area contributed by atoms with Gasteiger partial charge in [-0.05, 0) is 31.2 Å². The Labute approximate surface area is 164 Å². The molecule has 29 heavy (non-hydrogen) atoms. The van der Waals surface area contributed by atoms with E-state index < -0.39 is 24.0 Å². The van der Waals surface area contributed by atoms with Crippen molar-refractivity contribution in [3.8, 4) is 5.88 Å². The number of fused-ring (bicyclic) bond motifs is 1. The lowest BCUT2D eigenvalue weighted by molar-refractivity contribution is -0.116. The number of hydrogen-bond acceptors (Lipinski definition) is 4. The second-order valence-corrected chi connectivity index (χ2v) is 6.55. The van der Waals surface area contributed by atoms with E-state index in [1.54, 1.807) is 12.1 Å². The van der Waals surface area contributed by atoms with Crippen molar-refractivity contribution in [2.75, 3.05) is 5.32 Å². The fourth-order valence-electron chi connectivity index (χ4n) is 3.18. The van der Waals surface area contributed by atoms with Crippen LogP contribution >= 0.6 is 0 Å². The fourth-order valence-corrected chi connectivity index (χ4v) is 3.18. The Hall–Kier alpha value is -3.94. The lowest BCUT2D eigenvalue weighted by Crippen LogP contribution is -2.26. The molecule has 1 amide bonds. The van der Waals surface area contributed by atoms with Crippen molar-refractivity contribution in [3.63, 3.8) is 0 Å². The minimum atomic E-state index is -0.654. The van der Waals surface area contributed by atoms with Gasteiger partial charge in [-0.25, -0.2) is 9.18 Å². The zero-order chi connectivity index (χ0) is 20.5. The van der Waals surface area contributed by atoms with Crippen LogP contribution in [0.5, 0.6) is 5.88 Å². The summed E-state index contributed by atoms with van der Waals surface area (Å²) in [6.45, 7) is 1.36. The van der Waals surface area contributed by atoms with E-state index in [0.29, 0.717) is 0 Å². The molecule has 4 rings (SSSR count). The molecule has 1 aromatic heterocycles. The maximum atomic E-state index is 13.7. The van der Waals surface area contributed by atoms with Crippen LogP contribution in [0.25, 0.3) is 11.6 Å². The molecule has 0 spiro atoms. The molecule has 1 aliphatic rings. The first-order chi connectivity index (χ1) is 13.9. The molecule has 2 heterocycles. The van der Waals surface area contributed by atoms with Crippen LogP contribution in [-0.4, -0.2) is 26.3 Å². The number of hydrogen-bond donors (Lipinski definition) is 3. The predicted octanol–water partition coefficient (Wildman–Crippen LogP) is 3.31. The second kappa shape index (κ2) is 7.23. The van der Waals surface area contributed by atoms with Gasteiger partial charge in [0.1, 0.15) is 18.1 Å². The highest BCUT2D eigenvalue weighted by Gasteiger charge is 2.20. The highest BCUT2D eigenvalue weighted by molar-refractivity contribution is 6.31. The number of nitrogens with zero attached hydrogens (tertiary/aromatic N) is 2. The largest absolute Gasteiger partial charge is 0.493 e. The number of halogens is 1. The number of carbonyl (C=O) groups is 1. The van der Waals surface area contributed by atoms with Gasteiger partial charge in [0.15, 0.2) is 0 Å². The topological polar surface area (TPSA) is 99.5 Å². The number of nitrogens with one attached hydrogen (secondary N) is 2. The van der Waals surface area contributed by atoms with Crippen LogP contribution in [0.4, 0.5) is 15.8 Å². The normalized spacial score (nSPS) is 14.0. The van der Waals surface area contributed by atoms with Gasteiger partial charge in [0, 0.05) is 16.8 Å². The van der Waals surface area contributed by atoms with Crippen molar-refractivity contribution >= 4 is 34.6 Å². The molecule has 1 aliphatic heterocycles. The highest BCUT2D eigenvalue weighted by atomic mass is 19.1. The molecular weight excluding hydrogens is 375 g/mol. The van der Waals surface area contributed by atoms with Gasteiger partial charge in [0.2, 0.25) is 11.8 Å². The van der Waals surface area contributed by atoms with Gasteiger partial charge in [0.25, 0.3) is 0 Å². The minimum absolute atomic E-state index is 0.00249. The number of allylic oxidation sites excluding steroid dienone is 1. The monoisotopic (exact) mass is 392 g/mol. The van der Waals surface area contributed by atoms with E-state index in [2.05, 4.69) is 15.3 Å². The summed E-state index contributed by atoms with van der Waals surface area (Å²) in [5, 5.41) is 12.8. The summed E-state index contributed by atoms with van der Waals surface area (Å²) in [4.78, 5) is 31.5. The van der Waals surface area contributed by atoms with Gasteiger partial charge in [-0.2, -0.15) is 0 Å². The fraction of sp³-hybridized carbons (Fsp3) is 0.0952. The smallest absolute Gasteiger partial charge is 0.329 e. The molecule has 146 valence electrons. The van der Waals surface area contributed by atoms with Crippen LogP contribution in [0.1, 0.15) is 18.2 Å². The van der Waals surface area contributed by atoms with Gasteiger partial charge < -0.3 is 15.4 Å². The minimum Gasteiger partial charge on any atom is -0.493 e. The van der Waals surface area contributed by atoms with E-state index in [4.69, 9.17) is 0 Å². The lowest BCUT2D eigenvalue weighted by Gasteiger charge is -2.07. The Balaban J connectivity index is 1.61. The van der Waals surface area contributed by atoms with E-state index in [9.17, 15) is 19.1 Å². The molecule has 3 N–H and O–H groups in total. The molecule has 0 radical (unpaired) electrons. The van der Waals surface area contributed by atoms with Crippen molar-refractivity contribution in [2.45, 2.75) is 13.5 Å². The molecule has 0 fully saturated rings. The van der Waals surface area contributed by atoms with Crippen LogP contribution in [0.3, 0.4) is 0 Å². The number of carbonyl (C=O) groups excluding carboxylic acids is 1. The Morgan fingerprint density at radius 1 is 1.24 bits per heavy atom. The summed E-state index contributed by atoms with van der Waals surface area (Å²) in [6, 6.07) is 13.2. The Bertz CT molecular complexity index is 1240. The number of amides is 1. The molecule has 0 saturated heterocycles. The van der Waals surface area contributed by atoms with E-state index in [-0.39, 0.29) is 17.3 Å². The number of aromatic nitrogens is 2. The molecule has 0 unspecified atom stereocenters. The number of H-pyrrole nitrogens is 1. The number of aliphatic imine (C=N–C) groups is 1. The van der Waals surface area contributed by atoms with Crippen molar-refractivity contribution in [2.24, 2.45) is 4.99 Å². The Morgan fingerprint density at radius 3 is 2.76 bits per heavy atom. The van der Waals surface area contributed by atoms with Gasteiger partial charge in [-0.3, -0.25) is 14.4 Å². The molecule has 0 saturated carbocycles. The average Bonchev–Trinajstić information content (AvgIpc) is 3.15. The molecular formula is C21H17FN4O3. The van der Waals surface area contributed by atoms with E-state index in [0.717, 1.165) is 27.1 Å². The highest BCUT2D eigenvalue weighted by Crippen LogP contribution is 2.36. The molecule has 2 aromatic carbocycles. The van der Waals surface area contributed by atoms with Crippen LogP contribution in [0, 0.1) is 5.82 Å². The number of anilines is 1. The number of imidazole rings is 1. The van der Waals surface area contributed by atoms with Crippen molar-refractivity contribution in [3.05, 3.63) is 76.1 Å². The maximum absolute atomic E-state index is 13.7. The third-order valence-electron chi connectivity index (χ3n) is 4.59. The molecule has 3 aromatic rings. The average molecular weight is 392 g/mol. The van der Waals surface area contributed by atoms with E-state index in [1.165, 1.54) is 18.2 Å². The third-order valence-corrected chi connectivity index (χ3v) is 4.59.